The van der Waals surface area contributed by atoms with E-state index in [4.69, 9.17) is 9.47 Å². The molecule has 1 saturated heterocycles. The molecule has 1 unspecified atom stereocenters. The second kappa shape index (κ2) is 11.6. The van der Waals surface area contributed by atoms with Crippen LogP contribution in [-0.2, 0) is 14.8 Å². The van der Waals surface area contributed by atoms with E-state index in [0.717, 1.165) is 19.3 Å². The molecule has 1 amide bonds. The summed E-state index contributed by atoms with van der Waals surface area (Å²) < 4.78 is 37.9. The van der Waals surface area contributed by atoms with Crippen LogP contribution in [0.25, 0.3) is 0 Å². The lowest BCUT2D eigenvalue weighted by Crippen LogP contribution is -2.43. The Kier molecular flexibility index (Phi) is 9.42. The van der Waals surface area contributed by atoms with E-state index in [-0.39, 0.29) is 16.7 Å². The number of carbonyl (C=O) groups excluding carboxylic acids is 1. The van der Waals surface area contributed by atoms with Gasteiger partial charge in [-0.2, -0.15) is 4.31 Å². The van der Waals surface area contributed by atoms with Gasteiger partial charge in [0.2, 0.25) is 15.9 Å². The molecule has 0 spiro atoms. The van der Waals surface area contributed by atoms with Gasteiger partial charge in [-0.3, -0.25) is 4.79 Å². The molecule has 8 heteroatoms. The first-order chi connectivity index (χ1) is 14.4. The van der Waals surface area contributed by atoms with Crippen LogP contribution in [0.1, 0.15) is 52.4 Å². The summed E-state index contributed by atoms with van der Waals surface area (Å²) in [7, 11) is -0.658. The first-order valence-electron chi connectivity index (χ1n) is 10.9. The van der Waals surface area contributed by atoms with Gasteiger partial charge in [-0.05, 0) is 37.3 Å². The average Bonchev–Trinajstić information content (AvgIpc) is 2.78. The highest BCUT2D eigenvalue weighted by Crippen LogP contribution is 2.32. The van der Waals surface area contributed by atoms with Gasteiger partial charge in [0.1, 0.15) is 0 Å². The van der Waals surface area contributed by atoms with Crippen LogP contribution < -0.4 is 14.8 Å². The molecule has 1 N–H and O–H groups in total. The molecule has 1 fully saturated rings. The molecule has 1 heterocycles. The fraction of sp³-hybridized carbons (Fsp3) is 0.682. The first kappa shape index (κ1) is 24.5. The third-order valence-electron chi connectivity index (χ3n) is 5.93. The molecule has 0 bridgehead atoms. The van der Waals surface area contributed by atoms with Crippen LogP contribution in [0.5, 0.6) is 11.5 Å². The number of piperidine rings is 1. The number of hydrogen-bond donors (Lipinski definition) is 1. The zero-order valence-electron chi connectivity index (χ0n) is 18.6. The number of hydrogen-bond acceptors (Lipinski definition) is 5. The zero-order chi connectivity index (χ0) is 22.1. The highest BCUT2D eigenvalue weighted by Gasteiger charge is 2.32. The maximum absolute atomic E-state index is 13.0. The number of nitrogens with one attached hydrogen (secondary N) is 1. The highest BCUT2D eigenvalue weighted by molar-refractivity contribution is 7.89. The third-order valence-corrected chi connectivity index (χ3v) is 7.82. The molecule has 0 saturated carbocycles. The number of nitrogens with zero attached hydrogens (tertiary/aromatic N) is 1. The van der Waals surface area contributed by atoms with Gasteiger partial charge in [-0.15, -0.1) is 0 Å². The lowest BCUT2D eigenvalue weighted by Gasteiger charge is -2.31. The first-order valence-corrected chi connectivity index (χ1v) is 12.3. The van der Waals surface area contributed by atoms with Crippen molar-refractivity contribution in [1.29, 1.82) is 0 Å². The topological polar surface area (TPSA) is 84.9 Å². The molecular weight excluding hydrogens is 404 g/mol. The molecule has 1 aliphatic rings. The summed E-state index contributed by atoms with van der Waals surface area (Å²) in [5.41, 5.74) is 0. The quantitative estimate of drug-likeness (QED) is 0.570. The normalized spacial score (nSPS) is 16.8. The molecule has 1 aromatic carbocycles. The molecule has 170 valence electrons. The number of ether oxygens (including phenoxy) is 2. The number of carbonyl (C=O) groups is 1. The molecule has 1 aromatic rings. The smallest absolute Gasteiger partial charge is 0.243 e. The summed E-state index contributed by atoms with van der Waals surface area (Å²) in [4.78, 5) is 12.7. The van der Waals surface area contributed by atoms with Crippen LogP contribution in [0.3, 0.4) is 0 Å². The molecule has 1 atom stereocenters. The van der Waals surface area contributed by atoms with E-state index in [0.29, 0.717) is 49.9 Å². The monoisotopic (exact) mass is 440 g/mol. The van der Waals surface area contributed by atoms with Crippen LogP contribution in [0, 0.1) is 11.8 Å². The number of unbranched alkanes of at least 4 members (excludes halogenated alkanes) is 1. The molecule has 0 aliphatic carbocycles. The average molecular weight is 441 g/mol. The molecule has 30 heavy (non-hydrogen) atoms. The Morgan fingerprint density at radius 1 is 1.17 bits per heavy atom. The maximum Gasteiger partial charge on any atom is 0.243 e. The Bertz CT molecular complexity index is 789. The molecular formula is C22H36N2O5S. The number of sulfonamides is 1. The van der Waals surface area contributed by atoms with Gasteiger partial charge in [0.15, 0.2) is 11.5 Å². The van der Waals surface area contributed by atoms with Gasteiger partial charge in [0.05, 0.1) is 19.1 Å². The Labute approximate surface area is 181 Å². The number of benzene rings is 1. The van der Waals surface area contributed by atoms with Gasteiger partial charge < -0.3 is 14.8 Å². The van der Waals surface area contributed by atoms with Crippen molar-refractivity contribution in [3.8, 4) is 11.5 Å². The van der Waals surface area contributed by atoms with Crippen LogP contribution in [0.4, 0.5) is 0 Å². The summed E-state index contributed by atoms with van der Waals surface area (Å²) in [5.74, 6) is 1.29. The van der Waals surface area contributed by atoms with Crippen LogP contribution in [0.2, 0.25) is 0 Å². The summed E-state index contributed by atoms with van der Waals surface area (Å²) in [6, 6.07) is 4.60. The van der Waals surface area contributed by atoms with Crippen molar-refractivity contribution < 1.29 is 22.7 Å². The summed E-state index contributed by atoms with van der Waals surface area (Å²) in [5, 5.41) is 3.09. The maximum atomic E-state index is 13.0. The molecule has 0 aromatic heterocycles. The van der Waals surface area contributed by atoms with Gasteiger partial charge in [-0.1, -0.05) is 33.1 Å². The fourth-order valence-electron chi connectivity index (χ4n) is 3.82. The van der Waals surface area contributed by atoms with E-state index in [2.05, 4.69) is 19.2 Å². The fourth-order valence-corrected chi connectivity index (χ4v) is 5.30. The standard InChI is InChI=1S/C22H36N2O5S/c1-5-7-8-17(6-2)16-23-22(25)18-11-13-24(14-12-18)30(26,27)19-9-10-20(28-3)21(15-19)29-4/h9-10,15,17-18H,5-8,11-14,16H2,1-4H3,(H,23,25). The van der Waals surface area contributed by atoms with E-state index < -0.39 is 10.0 Å². The Morgan fingerprint density at radius 3 is 2.40 bits per heavy atom. The Hall–Kier alpha value is -1.80. The van der Waals surface area contributed by atoms with Crippen molar-refractivity contribution in [3.05, 3.63) is 18.2 Å². The van der Waals surface area contributed by atoms with Crippen LogP contribution >= 0.6 is 0 Å². The summed E-state index contributed by atoms with van der Waals surface area (Å²) >= 11 is 0. The van der Waals surface area contributed by atoms with Crippen LogP contribution in [0.15, 0.2) is 23.1 Å². The van der Waals surface area contributed by atoms with Crippen molar-refractivity contribution in [3.63, 3.8) is 0 Å². The minimum absolute atomic E-state index is 0.0492. The molecule has 7 nitrogen and oxygen atoms in total. The predicted octanol–water partition coefficient (Wildman–Crippen LogP) is 3.44. The third kappa shape index (κ3) is 6.11. The second-order valence-electron chi connectivity index (χ2n) is 7.86. The number of rotatable bonds is 11. The van der Waals surface area contributed by atoms with Gasteiger partial charge in [0, 0.05) is 31.6 Å². The van der Waals surface area contributed by atoms with E-state index in [1.54, 1.807) is 6.07 Å². The Morgan fingerprint density at radius 2 is 1.83 bits per heavy atom. The lowest BCUT2D eigenvalue weighted by atomic mass is 9.95. The number of methoxy groups -OCH3 is 2. The van der Waals surface area contributed by atoms with Crippen molar-refractivity contribution in [2.45, 2.75) is 57.3 Å². The van der Waals surface area contributed by atoms with Crippen molar-refractivity contribution in [2.24, 2.45) is 11.8 Å². The molecule has 0 radical (unpaired) electrons. The van der Waals surface area contributed by atoms with Gasteiger partial charge >= 0.3 is 0 Å². The van der Waals surface area contributed by atoms with E-state index in [1.165, 1.54) is 37.1 Å². The van der Waals surface area contributed by atoms with E-state index >= 15 is 0 Å². The minimum atomic E-state index is -3.64. The van der Waals surface area contributed by atoms with Gasteiger partial charge in [-0.25, -0.2) is 8.42 Å². The van der Waals surface area contributed by atoms with Crippen LogP contribution in [-0.4, -0.2) is 52.5 Å². The summed E-state index contributed by atoms with van der Waals surface area (Å²) in [6.45, 7) is 5.71. The van der Waals surface area contributed by atoms with Gasteiger partial charge in [0.25, 0.3) is 0 Å². The largest absolute Gasteiger partial charge is 0.493 e. The van der Waals surface area contributed by atoms with Crippen molar-refractivity contribution in [2.75, 3.05) is 33.9 Å². The highest BCUT2D eigenvalue weighted by atomic mass is 32.2. The summed E-state index contributed by atoms with van der Waals surface area (Å²) in [6.07, 6.45) is 5.60. The lowest BCUT2D eigenvalue weighted by molar-refractivity contribution is -0.126. The van der Waals surface area contributed by atoms with E-state index in [9.17, 15) is 13.2 Å². The minimum Gasteiger partial charge on any atom is -0.493 e. The van der Waals surface area contributed by atoms with E-state index in [1.807, 2.05) is 0 Å². The zero-order valence-corrected chi connectivity index (χ0v) is 19.5. The second-order valence-corrected chi connectivity index (χ2v) is 9.79. The molecule has 2 rings (SSSR count). The van der Waals surface area contributed by atoms with Crippen molar-refractivity contribution in [1.82, 2.24) is 9.62 Å². The predicted molar refractivity (Wildman–Crippen MR) is 117 cm³/mol. The van der Waals surface area contributed by atoms with Crippen molar-refractivity contribution >= 4 is 15.9 Å². The molecule has 1 aliphatic heterocycles. The Balaban J connectivity index is 1.93. The number of amides is 1. The SMILES string of the molecule is CCCCC(CC)CNC(=O)C1CCN(S(=O)(=O)c2ccc(OC)c(OC)c2)CC1.